The van der Waals surface area contributed by atoms with Crippen molar-refractivity contribution in [2.75, 3.05) is 19.6 Å². The van der Waals surface area contributed by atoms with Crippen molar-refractivity contribution in [3.05, 3.63) is 11.3 Å². The predicted octanol–water partition coefficient (Wildman–Crippen LogP) is 4.04. The van der Waals surface area contributed by atoms with E-state index in [0.717, 1.165) is 19.0 Å². The first-order valence-electron chi connectivity index (χ1n) is 7.93. The Bertz CT molecular complexity index is 310. The molecule has 0 unspecified atom stereocenters. The molecule has 0 aromatic rings. The zero-order valence-electron chi connectivity index (χ0n) is 14.1. The summed E-state index contributed by atoms with van der Waals surface area (Å²) in [7, 11) is 0. The van der Waals surface area contributed by atoms with E-state index in [2.05, 4.69) is 58.7 Å². The van der Waals surface area contributed by atoms with Gasteiger partial charge in [0.2, 0.25) is 0 Å². The Labute approximate surface area is 120 Å². The molecule has 1 atom stereocenters. The lowest BCUT2D eigenvalue weighted by atomic mass is 9.84. The van der Waals surface area contributed by atoms with Crippen molar-refractivity contribution in [2.45, 2.75) is 67.3 Å². The topological polar surface area (TPSA) is 15.3 Å². The van der Waals surface area contributed by atoms with E-state index in [9.17, 15) is 0 Å². The Kier molecular flexibility index (Phi) is 5.91. The van der Waals surface area contributed by atoms with Gasteiger partial charge < -0.3 is 5.32 Å². The lowest BCUT2D eigenvalue weighted by Crippen LogP contribution is -2.42. The average Bonchev–Trinajstić information content (AvgIpc) is 2.40. The quantitative estimate of drug-likeness (QED) is 0.826. The fourth-order valence-electron chi connectivity index (χ4n) is 3.08. The van der Waals surface area contributed by atoms with Gasteiger partial charge in [-0.05, 0) is 43.2 Å². The van der Waals surface area contributed by atoms with Crippen molar-refractivity contribution in [3.63, 3.8) is 0 Å². The Morgan fingerprint density at radius 3 is 2.42 bits per heavy atom. The van der Waals surface area contributed by atoms with Gasteiger partial charge in [0.15, 0.2) is 0 Å². The van der Waals surface area contributed by atoms with Crippen LogP contribution in [0.4, 0.5) is 0 Å². The molecule has 0 saturated carbocycles. The molecule has 0 spiro atoms. The monoisotopic (exact) mass is 266 g/mol. The molecular weight excluding hydrogens is 232 g/mol. The lowest BCUT2D eigenvalue weighted by Gasteiger charge is -2.33. The minimum atomic E-state index is 0.260. The van der Waals surface area contributed by atoms with E-state index in [1.807, 2.05) is 0 Å². The van der Waals surface area contributed by atoms with Crippen molar-refractivity contribution in [1.82, 2.24) is 10.2 Å². The molecule has 0 amide bonds. The molecule has 1 heterocycles. The zero-order valence-corrected chi connectivity index (χ0v) is 14.1. The summed E-state index contributed by atoms with van der Waals surface area (Å²) < 4.78 is 0. The molecule has 0 aromatic carbocycles. The highest BCUT2D eigenvalue weighted by molar-refractivity contribution is 5.21. The number of hydrogen-bond donors (Lipinski definition) is 1. The SMILES string of the molecule is CCCN1CC(C(C)(C)C)=C(C)NC[C@H]1CC(C)C. The van der Waals surface area contributed by atoms with Gasteiger partial charge in [-0.15, -0.1) is 0 Å². The van der Waals surface area contributed by atoms with E-state index in [1.54, 1.807) is 5.57 Å². The van der Waals surface area contributed by atoms with Gasteiger partial charge in [-0.3, -0.25) is 4.90 Å². The highest BCUT2D eigenvalue weighted by Crippen LogP contribution is 2.30. The van der Waals surface area contributed by atoms with Crippen molar-refractivity contribution in [1.29, 1.82) is 0 Å². The first-order valence-corrected chi connectivity index (χ1v) is 7.93. The van der Waals surface area contributed by atoms with Crippen LogP contribution in [0.5, 0.6) is 0 Å². The van der Waals surface area contributed by atoms with E-state index in [4.69, 9.17) is 0 Å². The van der Waals surface area contributed by atoms with Gasteiger partial charge in [0.05, 0.1) is 0 Å². The fourth-order valence-corrected chi connectivity index (χ4v) is 3.08. The molecule has 0 radical (unpaired) electrons. The Morgan fingerprint density at radius 1 is 1.32 bits per heavy atom. The molecule has 2 heteroatoms. The highest BCUT2D eigenvalue weighted by atomic mass is 15.2. The molecule has 19 heavy (non-hydrogen) atoms. The number of allylic oxidation sites excluding steroid dienone is 1. The highest BCUT2D eigenvalue weighted by Gasteiger charge is 2.28. The van der Waals surface area contributed by atoms with Crippen molar-refractivity contribution < 1.29 is 0 Å². The van der Waals surface area contributed by atoms with Gasteiger partial charge in [0.1, 0.15) is 0 Å². The maximum atomic E-state index is 3.68. The van der Waals surface area contributed by atoms with Crippen LogP contribution in [-0.4, -0.2) is 30.6 Å². The van der Waals surface area contributed by atoms with Crippen LogP contribution in [0.3, 0.4) is 0 Å². The van der Waals surface area contributed by atoms with Crippen LogP contribution in [0.15, 0.2) is 11.3 Å². The van der Waals surface area contributed by atoms with Crippen LogP contribution in [0, 0.1) is 11.3 Å². The first-order chi connectivity index (χ1) is 8.75. The molecule has 1 N–H and O–H groups in total. The molecule has 2 nitrogen and oxygen atoms in total. The van der Waals surface area contributed by atoms with Gasteiger partial charge in [0.25, 0.3) is 0 Å². The predicted molar refractivity (Wildman–Crippen MR) is 85.3 cm³/mol. The summed E-state index contributed by atoms with van der Waals surface area (Å²) in [5, 5.41) is 3.68. The number of nitrogens with one attached hydrogen (secondary N) is 1. The lowest BCUT2D eigenvalue weighted by molar-refractivity contribution is 0.185. The first kappa shape index (κ1) is 16.6. The van der Waals surface area contributed by atoms with Gasteiger partial charge in [0, 0.05) is 24.8 Å². The Morgan fingerprint density at radius 2 is 1.95 bits per heavy atom. The van der Waals surface area contributed by atoms with E-state index in [-0.39, 0.29) is 5.41 Å². The smallest absolute Gasteiger partial charge is 0.0300 e. The van der Waals surface area contributed by atoms with Crippen LogP contribution < -0.4 is 5.32 Å². The summed E-state index contributed by atoms with van der Waals surface area (Å²) >= 11 is 0. The number of hydrogen-bond acceptors (Lipinski definition) is 2. The van der Waals surface area contributed by atoms with Crippen molar-refractivity contribution >= 4 is 0 Å². The maximum absolute atomic E-state index is 3.68. The van der Waals surface area contributed by atoms with Crippen molar-refractivity contribution in [3.8, 4) is 0 Å². The minimum Gasteiger partial charge on any atom is -0.387 e. The van der Waals surface area contributed by atoms with E-state index >= 15 is 0 Å². The molecule has 112 valence electrons. The van der Waals surface area contributed by atoms with Crippen molar-refractivity contribution in [2.24, 2.45) is 11.3 Å². The average molecular weight is 266 g/mol. The van der Waals surface area contributed by atoms with Crippen LogP contribution in [0.25, 0.3) is 0 Å². The molecule has 0 fully saturated rings. The Hall–Kier alpha value is -0.500. The standard InChI is InChI=1S/C17H34N2/c1-8-9-19-12-16(17(5,6)7)14(4)18-11-15(19)10-13(2)3/h13,15,18H,8-12H2,1-7H3/t15-/m1/s1. The van der Waals surface area contributed by atoms with Crippen LogP contribution in [-0.2, 0) is 0 Å². The largest absolute Gasteiger partial charge is 0.387 e. The molecular formula is C17H34N2. The summed E-state index contributed by atoms with van der Waals surface area (Å²) in [6, 6.07) is 0.676. The van der Waals surface area contributed by atoms with E-state index in [1.165, 1.54) is 25.1 Å². The third kappa shape index (κ3) is 4.83. The summed E-state index contributed by atoms with van der Waals surface area (Å²) in [6.07, 6.45) is 2.53. The molecule has 0 bridgehead atoms. The van der Waals surface area contributed by atoms with Gasteiger partial charge in [-0.2, -0.15) is 0 Å². The third-order valence-corrected chi connectivity index (χ3v) is 4.09. The second-order valence-electron chi connectivity index (χ2n) is 7.49. The van der Waals surface area contributed by atoms with Crippen LogP contribution in [0.1, 0.15) is 61.3 Å². The Balaban J connectivity index is 2.91. The van der Waals surface area contributed by atoms with Gasteiger partial charge in [-0.25, -0.2) is 0 Å². The summed E-state index contributed by atoms with van der Waals surface area (Å²) in [6.45, 7) is 19.7. The molecule has 1 aliphatic rings. The molecule has 0 aromatic heterocycles. The number of rotatable bonds is 4. The summed E-state index contributed by atoms with van der Waals surface area (Å²) in [4.78, 5) is 2.70. The normalized spacial score (nSPS) is 22.6. The minimum absolute atomic E-state index is 0.260. The summed E-state index contributed by atoms with van der Waals surface area (Å²) in [5.41, 5.74) is 3.24. The third-order valence-electron chi connectivity index (χ3n) is 4.09. The zero-order chi connectivity index (χ0) is 14.6. The number of nitrogens with zero attached hydrogens (tertiary/aromatic N) is 1. The summed E-state index contributed by atoms with van der Waals surface area (Å²) in [5.74, 6) is 0.766. The van der Waals surface area contributed by atoms with Gasteiger partial charge >= 0.3 is 0 Å². The second kappa shape index (κ2) is 6.78. The second-order valence-corrected chi connectivity index (χ2v) is 7.49. The van der Waals surface area contributed by atoms with Crippen LogP contribution in [0.2, 0.25) is 0 Å². The van der Waals surface area contributed by atoms with Crippen LogP contribution >= 0.6 is 0 Å². The van der Waals surface area contributed by atoms with E-state index in [0.29, 0.717) is 6.04 Å². The fraction of sp³-hybridized carbons (Fsp3) is 0.882. The van der Waals surface area contributed by atoms with E-state index < -0.39 is 0 Å². The molecule has 1 aliphatic heterocycles. The van der Waals surface area contributed by atoms with Gasteiger partial charge in [-0.1, -0.05) is 41.5 Å². The molecule has 1 rings (SSSR count). The maximum Gasteiger partial charge on any atom is 0.0300 e. The molecule has 0 aliphatic carbocycles. The molecule has 0 saturated heterocycles.